The Morgan fingerprint density at radius 3 is 2.21 bits per heavy atom. The zero-order valence-corrected chi connectivity index (χ0v) is 29.3. The summed E-state index contributed by atoms with van der Waals surface area (Å²) in [5.41, 5.74) is 2.97. The fraction of sp³-hybridized carbons (Fsp3) is 0.316. The molecule has 1 aliphatic carbocycles. The SMILES string of the molecule is COc1cccc(CN(C(=O)CN(c2ccc(C)cc2)S(=O)(=O)c2ccc(SC)cc2)[C@H](Cc2ccccc2)C(=O)NC2CCCC2)c1. The fourth-order valence-electron chi connectivity index (χ4n) is 6.00. The second-order valence-corrected chi connectivity index (χ2v) is 14.8. The van der Waals surface area contributed by atoms with Crippen molar-refractivity contribution >= 4 is 39.3 Å². The van der Waals surface area contributed by atoms with Crippen molar-refractivity contribution in [3.8, 4) is 5.75 Å². The van der Waals surface area contributed by atoms with E-state index in [4.69, 9.17) is 4.74 Å². The summed E-state index contributed by atoms with van der Waals surface area (Å²) >= 11 is 1.51. The topological polar surface area (TPSA) is 96.0 Å². The third-order valence-corrected chi connectivity index (χ3v) is 11.2. The van der Waals surface area contributed by atoms with Crippen molar-refractivity contribution in [3.63, 3.8) is 0 Å². The Labute approximate surface area is 288 Å². The molecule has 252 valence electrons. The molecule has 10 heteroatoms. The van der Waals surface area contributed by atoms with Gasteiger partial charge in [-0.25, -0.2) is 8.42 Å². The number of sulfonamides is 1. The number of benzene rings is 4. The van der Waals surface area contributed by atoms with Crippen LogP contribution in [0.2, 0.25) is 0 Å². The van der Waals surface area contributed by atoms with Gasteiger partial charge >= 0.3 is 0 Å². The molecule has 0 spiro atoms. The first-order valence-corrected chi connectivity index (χ1v) is 18.8. The highest BCUT2D eigenvalue weighted by Crippen LogP contribution is 2.27. The van der Waals surface area contributed by atoms with E-state index in [1.165, 1.54) is 16.7 Å². The molecule has 0 radical (unpaired) electrons. The highest BCUT2D eigenvalue weighted by molar-refractivity contribution is 7.98. The summed E-state index contributed by atoms with van der Waals surface area (Å²) in [6, 6.07) is 29.8. The number of amides is 2. The smallest absolute Gasteiger partial charge is 0.264 e. The summed E-state index contributed by atoms with van der Waals surface area (Å²) < 4.78 is 35.2. The average molecular weight is 686 g/mol. The summed E-state index contributed by atoms with van der Waals surface area (Å²) in [5, 5.41) is 3.21. The van der Waals surface area contributed by atoms with Crippen LogP contribution < -0.4 is 14.4 Å². The molecule has 48 heavy (non-hydrogen) atoms. The molecule has 0 aromatic heterocycles. The van der Waals surface area contributed by atoms with Gasteiger partial charge in [0.15, 0.2) is 0 Å². The van der Waals surface area contributed by atoms with Crippen molar-refractivity contribution in [1.29, 1.82) is 0 Å². The molecule has 0 unspecified atom stereocenters. The van der Waals surface area contributed by atoms with Crippen LogP contribution in [0.5, 0.6) is 5.75 Å². The number of ether oxygens (including phenoxy) is 1. The lowest BCUT2D eigenvalue weighted by Crippen LogP contribution is -2.54. The third-order valence-electron chi connectivity index (χ3n) is 8.71. The van der Waals surface area contributed by atoms with E-state index < -0.39 is 28.5 Å². The lowest BCUT2D eigenvalue weighted by molar-refractivity contribution is -0.140. The Morgan fingerprint density at radius 2 is 1.56 bits per heavy atom. The summed E-state index contributed by atoms with van der Waals surface area (Å²) in [5.74, 6) is -0.128. The molecule has 1 saturated carbocycles. The zero-order valence-electron chi connectivity index (χ0n) is 27.7. The maximum absolute atomic E-state index is 14.7. The van der Waals surface area contributed by atoms with Gasteiger partial charge in [0.1, 0.15) is 18.3 Å². The van der Waals surface area contributed by atoms with Crippen molar-refractivity contribution in [1.82, 2.24) is 10.2 Å². The molecule has 0 bridgehead atoms. The third kappa shape index (κ3) is 8.79. The van der Waals surface area contributed by atoms with E-state index in [0.29, 0.717) is 11.4 Å². The second kappa shape index (κ2) is 16.2. The van der Waals surface area contributed by atoms with Gasteiger partial charge in [-0.15, -0.1) is 11.8 Å². The summed E-state index contributed by atoms with van der Waals surface area (Å²) in [4.78, 5) is 31.4. The average Bonchev–Trinajstić information content (AvgIpc) is 3.62. The van der Waals surface area contributed by atoms with Crippen molar-refractivity contribution in [2.75, 3.05) is 24.2 Å². The van der Waals surface area contributed by atoms with Gasteiger partial charge in [-0.05, 0) is 85.7 Å². The number of hydrogen-bond donors (Lipinski definition) is 1. The van der Waals surface area contributed by atoms with Crippen molar-refractivity contribution in [2.45, 2.75) is 67.4 Å². The van der Waals surface area contributed by atoms with Crippen LogP contribution in [-0.4, -0.2) is 57.1 Å². The summed E-state index contributed by atoms with van der Waals surface area (Å²) in [7, 11) is -2.60. The van der Waals surface area contributed by atoms with E-state index in [2.05, 4.69) is 5.32 Å². The van der Waals surface area contributed by atoms with Gasteiger partial charge in [0.2, 0.25) is 11.8 Å². The molecule has 4 aromatic rings. The number of aryl methyl sites for hydroxylation is 1. The van der Waals surface area contributed by atoms with Crippen LogP contribution in [0.15, 0.2) is 113 Å². The standard InChI is InChI=1S/C38H43N3O5S2/c1-28-16-18-32(19-17-28)41(48(44,45)35-22-20-34(47-3)21-23-35)27-37(42)40(26-30-12-9-15-33(24-30)46-2)36(25-29-10-5-4-6-11-29)38(43)39-31-13-7-8-14-31/h4-6,9-12,15-24,31,36H,7-8,13-14,25-27H2,1-3H3,(H,39,43)/t36-/m1/s1. The molecular formula is C38H43N3O5S2. The Bertz CT molecular complexity index is 1780. The number of anilines is 1. The number of nitrogens with one attached hydrogen (secondary N) is 1. The normalized spacial score (nSPS) is 13.9. The molecule has 1 fully saturated rings. The molecule has 1 N–H and O–H groups in total. The summed E-state index contributed by atoms with van der Waals surface area (Å²) in [6.07, 6.45) is 6.06. The minimum absolute atomic E-state index is 0.0400. The van der Waals surface area contributed by atoms with E-state index in [9.17, 15) is 18.0 Å². The molecule has 1 aliphatic rings. The monoisotopic (exact) mass is 685 g/mol. The maximum atomic E-state index is 14.7. The number of hydrogen-bond acceptors (Lipinski definition) is 6. The first kappa shape index (κ1) is 35.0. The number of carbonyl (C=O) groups is 2. The zero-order chi connectivity index (χ0) is 34.1. The van der Waals surface area contributed by atoms with Crippen molar-refractivity contribution < 1.29 is 22.7 Å². The van der Waals surface area contributed by atoms with E-state index in [1.54, 1.807) is 43.5 Å². The molecule has 4 aromatic carbocycles. The van der Waals surface area contributed by atoms with Gasteiger partial charge in [0.05, 0.1) is 17.7 Å². The number of thioether (sulfide) groups is 1. The van der Waals surface area contributed by atoms with Gasteiger partial charge in [-0.2, -0.15) is 0 Å². The number of methoxy groups -OCH3 is 1. The van der Waals surface area contributed by atoms with Gasteiger partial charge in [0.25, 0.3) is 10.0 Å². The number of nitrogens with zero attached hydrogens (tertiary/aromatic N) is 2. The van der Waals surface area contributed by atoms with Crippen LogP contribution in [0.3, 0.4) is 0 Å². The Balaban J connectivity index is 1.57. The lowest BCUT2D eigenvalue weighted by atomic mass is 10.0. The van der Waals surface area contributed by atoms with Crippen molar-refractivity contribution in [2.24, 2.45) is 0 Å². The molecule has 0 heterocycles. The molecule has 8 nitrogen and oxygen atoms in total. The van der Waals surface area contributed by atoms with Gasteiger partial charge < -0.3 is 15.0 Å². The van der Waals surface area contributed by atoms with E-state index in [1.807, 2.05) is 79.9 Å². The van der Waals surface area contributed by atoms with Crippen LogP contribution in [0.4, 0.5) is 5.69 Å². The molecule has 1 atom stereocenters. The Kier molecular flexibility index (Phi) is 11.8. The van der Waals surface area contributed by atoms with Crippen LogP contribution in [-0.2, 0) is 32.6 Å². The van der Waals surface area contributed by atoms with Crippen molar-refractivity contribution in [3.05, 3.63) is 120 Å². The minimum Gasteiger partial charge on any atom is -0.497 e. The van der Waals surface area contributed by atoms with Gasteiger partial charge in [-0.3, -0.25) is 13.9 Å². The van der Waals surface area contributed by atoms with Crippen LogP contribution in [0.25, 0.3) is 0 Å². The Hall–Kier alpha value is -4.28. The molecule has 2 amide bonds. The van der Waals surface area contributed by atoms with Crippen LogP contribution >= 0.6 is 11.8 Å². The predicted octanol–water partition coefficient (Wildman–Crippen LogP) is 6.62. The first-order valence-electron chi connectivity index (χ1n) is 16.2. The van der Waals surface area contributed by atoms with Gasteiger partial charge in [-0.1, -0.05) is 73.0 Å². The lowest BCUT2D eigenvalue weighted by Gasteiger charge is -2.34. The number of carbonyl (C=O) groups excluding carboxylic acids is 2. The highest BCUT2D eigenvalue weighted by atomic mass is 32.2. The van der Waals surface area contributed by atoms with E-state index in [0.717, 1.165) is 51.6 Å². The van der Waals surface area contributed by atoms with Crippen LogP contribution in [0.1, 0.15) is 42.4 Å². The quantitative estimate of drug-likeness (QED) is 0.150. The van der Waals surface area contributed by atoms with E-state index >= 15 is 0 Å². The second-order valence-electron chi connectivity index (χ2n) is 12.1. The first-order chi connectivity index (χ1) is 23.2. The number of rotatable bonds is 14. The minimum atomic E-state index is -4.17. The van der Waals surface area contributed by atoms with E-state index in [-0.39, 0.29) is 29.8 Å². The predicted molar refractivity (Wildman–Crippen MR) is 192 cm³/mol. The molecular weight excluding hydrogens is 643 g/mol. The molecule has 0 aliphatic heterocycles. The largest absolute Gasteiger partial charge is 0.497 e. The highest BCUT2D eigenvalue weighted by Gasteiger charge is 2.35. The summed E-state index contributed by atoms with van der Waals surface area (Å²) in [6.45, 7) is 1.50. The maximum Gasteiger partial charge on any atom is 0.264 e. The van der Waals surface area contributed by atoms with Gasteiger partial charge in [0, 0.05) is 23.9 Å². The van der Waals surface area contributed by atoms with Crippen LogP contribution in [0, 0.1) is 6.92 Å². The molecule has 5 rings (SSSR count). The Morgan fingerprint density at radius 1 is 0.896 bits per heavy atom. The molecule has 0 saturated heterocycles. The fourth-order valence-corrected chi connectivity index (χ4v) is 7.83.